The van der Waals surface area contributed by atoms with Crippen LogP contribution in [0.5, 0.6) is 0 Å². The molecule has 1 unspecified atom stereocenters. The van der Waals surface area contributed by atoms with Gasteiger partial charge in [-0.05, 0) is 59.5 Å². The van der Waals surface area contributed by atoms with E-state index in [2.05, 4.69) is 9.97 Å². The first kappa shape index (κ1) is 20.9. The van der Waals surface area contributed by atoms with Gasteiger partial charge in [0.05, 0.1) is 5.92 Å². The number of hydrogen-bond donors (Lipinski definition) is 1. The third kappa shape index (κ3) is 5.35. The predicted octanol–water partition coefficient (Wildman–Crippen LogP) is 5.82. The fourth-order valence-corrected chi connectivity index (χ4v) is 2.88. The van der Waals surface area contributed by atoms with E-state index < -0.39 is 17.7 Å². The van der Waals surface area contributed by atoms with E-state index in [1.54, 1.807) is 43.8 Å². The van der Waals surface area contributed by atoms with Crippen LogP contribution in [0.15, 0.2) is 97.6 Å². The first-order chi connectivity index (χ1) is 14.6. The number of carbonyl (C=O) groups is 1. The Balaban J connectivity index is 0.000000184. The van der Waals surface area contributed by atoms with Crippen LogP contribution in [0.3, 0.4) is 0 Å². The lowest BCUT2D eigenvalue weighted by molar-refractivity contribution is -0.138. The van der Waals surface area contributed by atoms with Crippen LogP contribution in [0, 0.1) is 5.82 Å². The summed E-state index contributed by atoms with van der Waals surface area (Å²) in [5, 5.41) is 8.89. The number of carboxylic acid groups (broad SMARTS) is 1. The number of aromatic nitrogens is 2. The highest BCUT2D eigenvalue weighted by Gasteiger charge is 2.15. The quantitative estimate of drug-likeness (QED) is 0.468. The summed E-state index contributed by atoms with van der Waals surface area (Å²) in [6.07, 6.45) is 7.15. The summed E-state index contributed by atoms with van der Waals surface area (Å²) in [6, 6.07) is 21.7. The van der Waals surface area contributed by atoms with Crippen LogP contribution < -0.4 is 0 Å². The Kier molecular flexibility index (Phi) is 7.00. The second kappa shape index (κ2) is 10.1. The van der Waals surface area contributed by atoms with Crippen LogP contribution in [0.1, 0.15) is 18.4 Å². The third-order valence-corrected chi connectivity index (χ3v) is 4.64. The van der Waals surface area contributed by atoms with Crippen molar-refractivity contribution in [1.29, 1.82) is 0 Å². The summed E-state index contributed by atoms with van der Waals surface area (Å²) in [5.41, 5.74) is 4.08. The Hall–Kier alpha value is -3.86. The molecule has 0 bridgehead atoms. The molecule has 2 aromatic heterocycles. The molecule has 150 valence electrons. The Morgan fingerprint density at radius 2 is 1.33 bits per heavy atom. The number of benzene rings is 2. The van der Waals surface area contributed by atoms with Gasteiger partial charge in [0, 0.05) is 30.4 Å². The van der Waals surface area contributed by atoms with Crippen molar-refractivity contribution in [3.05, 3.63) is 109 Å². The van der Waals surface area contributed by atoms with Crippen molar-refractivity contribution in [3.8, 4) is 22.3 Å². The van der Waals surface area contributed by atoms with Gasteiger partial charge in [0.15, 0.2) is 0 Å². The van der Waals surface area contributed by atoms with E-state index in [1.165, 1.54) is 17.2 Å². The molecule has 0 radical (unpaired) electrons. The predicted molar refractivity (Wildman–Crippen MR) is 115 cm³/mol. The number of halogens is 1. The number of nitrogens with zero attached hydrogens (tertiary/aromatic N) is 2. The number of rotatable bonds is 4. The SMILES string of the molecule is CC(C(=O)O)c1ccc(-c2ccccc2)c(F)c1.c1cc(-c2ccncc2)ccn1. The summed E-state index contributed by atoms with van der Waals surface area (Å²) in [6.45, 7) is 1.54. The molecular formula is C25H21FN2O2. The molecule has 2 aromatic carbocycles. The van der Waals surface area contributed by atoms with Gasteiger partial charge in [-0.1, -0.05) is 42.5 Å². The van der Waals surface area contributed by atoms with Crippen molar-refractivity contribution < 1.29 is 14.3 Å². The zero-order valence-corrected chi connectivity index (χ0v) is 16.4. The maximum absolute atomic E-state index is 14.0. The number of aliphatic carboxylic acids is 1. The number of hydrogen-bond acceptors (Lipinski definition) is 3. The van der Waals surface area contributed by atoms with E-state index in [9.17, 15) is 9.18 Å². The van der Waals surface area contributed by atoms with Crippen LogP contribution in [-0.4, -0.2) is 21.0 Å². The minimum Gasteiger partial charge on any atom is -0.481 e. The molecule has 2 heterocycles. The van der Waals surface area contributed by atoms with Crippen molar-refractivity contribution in [3.63, 3.8) is 0 Å². The molecule has 30 heavy (non-hydrogen) atoms. The first-order valence-electron chi connectivity index (χ1n) is 9.44. The van der Waals surface area contributed by atoms with Gasteiger partial charge < -0.3 is 5.11 Å². The minimum atomic E-state index is -0.957. The van der Waals surface area contributed by atoms with Crippen molar-refractivity contribution in [2.75, 3.05) is 0 Å². The standard InChI is InChI=1S/C15H13FO2.C10H8N2/c1-10(15(17)18)12-7-8-13(14(16)9-12)11-5-3-2-4-6-11;1-5-11-6-2-9(1)10-3-7-12-8-4-10/h2-10H,1H3,(H,17,18);1-8H. The average Bonchev–Trinajstić information content (AvgIpc) is 2.80. The lowest BCUT2D eigenvalue weighted by atomic mass is 9.97. The molecule has 0 spiro atoms. The normalized spacial score (nSPS) is 11.1. The molecule has 0 aliphatic rings. The number of carboxylic acids is 1. The van der Waals surface area contributed by atoms with Crippen LogP contribution in [0.2, 0.25) is 0 Å². The van der Waals surface area contributed by atoms with Crippen molar-refractivity contribution in [2.45, 2.75) is 12.8 Å². The monoisotopic (exact) mass is 400 g/mol. The van der Waals surface area contributed by atoms with Crippen LogP contribution in [0.25, 0.3) is 22.3 Å². The number of pyridine rings is 2. The lowest BCUT2D eigenvalue weighted by Crippen LogP contribution is -2.07. The largest absolute Gasteiger partial charge is 0.481 e. The highest BCUT2D eigenvalue weighted by atomic mass is 19.1. The van der Waals surface area contributed by atoms with Gasteiger partial charge in [0.1, 0.15) is 5.82 Å². The maximum atomic E-state index is 14.0. The third-order valence-electron chi connectivity index (χ3n) is 4.64. The zero-order valence-electron chi connectivity index (χ0n) is 16.4. The Bertz CT molecular complexity index is 1050. The van der Waals surface area contributed by atoms with Crippen molar-refractivity contribution in [1.82, 2.24) is 9.97 Å². The zero-order chi connectivity index (χ0) is 21.3. The summed E-state index contributed by atoms with van der Waals surface area (Å²) < 4.78 is 14.0. The van der Waals surface area contributed by atoms with Gasteiger partial charge in [-0.2, -0.15) is 0 Å². The first-order valence-corrected chi connectivity index (χ1v) is 9.44. The minimum absolute atomic E-state index is 0.396. The molecule has 4 nitrogen and oxygen atoms in total. The van der Waals surface area contributed by atoms with Gasteiger partial charge in [0.25, 0.3) is 0 Å². The van der Waals surface area contributed by atoms with Gasteiger partial charge in [0.2, 0.25) is 0 Å². The van der Waals surface area contributed by atoms with Crippen LogP contribution in [-0.2, 0) is 4.79 Å². The van der Waals surface area contributed by atoms with E-state index in [4.69, 9.17) is 5.11 Å². The van der Waals surface area contributed by atoms with Crippen LogP contribution >= 0.6 is 0 Å². The second-order valence-corrected chi connectivity index (χ2v) is 6.64. The molecule has 0 saturated carbocycles. The molecule has 1 N–H and O–H groups in total. The molecule has 4 aromatic rings. The fraction of sp³-hybridized carbons (Fsp3) is 0.0800. The Morgan fingerprint density at radius 1 is 0.800 bits per heavy atom. The molecule has 0 saturated heterocycles. The molecule has 0 aliphatic heterocycles. The Morgan fingerprint density at radius 3 is 1.80 bits per heavy atom. The molecule has 0 amide bonds. The summed E-state index contributed by atoms with van der Waals surface area (Å²) in [4.78, 5) is 18.8. The molecule has 0 aliphatic carbocycles. The van der Waals surface area contributed by atoms with E-state index in [-0.39, 0.29) is 0 Å². The van der Waals surface area contributed by atoms with Crippen molar-refractivity contribution >= 4 is 5.97 Å². The van der Waals surface area contributed by atoms with Gasteiger partial charge >= 0.3 is 5.97 Å². The van der Waals surface area contributed by atoms with Gasteiger partial charge in [-0.25, -0.2) is 4.39 Å². The molecule has 4 rings (SSSR count). The second-order valence-electron chi connectivity index (χ2n) is 6.64. The topological polar surface area (TPSA) is 63.1 Å². The summed E-state index contributed by atoms with van der Waals surface area (Å²) in [5.74, 6) is -2.06. The highest BCUT2D eigenvalue weighted by Crippen LogP contribution is 2.26. The molecule has 0 fully saturated rings. The Labute approximate surface area is 174 Å². The molecule has 5 heteroatoms. The van der Waals surface area contributed by atoms with Gasteiger partial charge in [-0.15, -0.1) is 0 Å². The average molecular weight is 400 g/mol. The van der Waals surface area contributed by atoms with E-state index in [0.717, 1.165) is 5.56 Å². The van der Waals surface area contributed by atoms with Crippen molar-refractivity contribution in [2.24, 2.45) is 0 Å². The smallest absolute Gasteiger partial charge is 0.310 e. The molecule has 1 atom stereocenters. The van der Waals surface area contributed by atoms with E-state index in [1.807, 2.05) is 54.6 Å². The van der Waals surface area contributed by atoms with Crippen LogP contribution in [0.4, 0.5) is 4.39 Å². The fourth-order valence-electron chi connectivity index (χ4n) is 2.88. The maximum Gasteiger partial charge on any atom is 0.310 e. The summed E-state index contributed by atoms with van der Waals surface area (Å²) >= 11 is 0. The molecular weight excluding hydrogens is 379 g/mol. The van der Waals surface area contributed by atoms with E-state index >= 15 is 0 Å². The van der Waals surface area contributed by atoms with E-state index in [0.29, 0.717) is 11.1 Å². The van der Waals surface area contributed by atoms with Gasteiger partial charge in [-0.3, -0.25) is 14.8 Å². The lowest BCUT2D eigenvalue weighted by Gasteiger charge is -2.09. The summed E-state index contributed by atoms with van der Waals surface area (Å²) in [7, 11) is 0. The highest BCUT2D eigenvalue weighted by molar-refractivity contribution is 5.76.